The molecule has 0 spiro atoms. The Bertz CT molecular complexity index is 3500. The van der Waals surface area contributed by atoms with Gasteiger partial charge in [0.2, 0.25) is 0 Å². The van der Waals surface area contributed by atoms with E-state index in [-0.39, 0.29) is 5.41 Å². The van der Waals surface area contributed by atoms with E-state index in [1.165, 1.54) is 121 Å². The van der Waals surface area contributed by atoms with Gasteiger partial charge < -0.3 is 0 Å². The van der Waals surface area contributed by atoms with Crippen molar-refractivity contribution in [3.63, 3.8) is 0 Å². The van der Waals surface area contributed by atoms with Crippen molar-refractivity contribution < 1.29 is 0 Å². The maximum Gasteiger partial charge on any atom is 0.0159 e. The molecule has 0 saturated carbocycles. The summed E-state index contributed by atoms with van der Waals surface area (Å²) in [6, 6.07) is 77.1. The fourth-order valence-electron chi connectivity index (χ4n) is 10.2. The average molecular weight is 749 g/mol. The molecule has 0 N–H and O–H groups in total. The van der Waals surface area contributed by atoms with Gasteiger partial charge in [-0.05, 0) is 151 Å². The molecule has 0 bridgehead atoms. The van der Waals surface area contributed by atoms with Crippen molar-refractivity contribution in [2.24, 2.45) is 0 Å². The van der Waals surface area contributed by atoms with E-state index in [9.17, 15) is 0 Å². The summed E-state index contributed by atoms with van der Waals surface area (Å²) >= 11 is 0. The van der Waals surface area contributed by atoms with Gasteiger partial charge in [0.25, 0.3) is 0 Å². The van der Waals surface area contributed by atoms with Crippen LogP contribution >= 0.6 is 0 Å². The van der Waals surface area contributed by atoms with Gasteiger partial charge in [0.05, 0.1) is 0 Å². The summed E-state index contributed by atoms with van der Waals surface area (Å²) in [6.07, 6.45) is 0. The summed E-state index contributed by atoms with van der Waals surface area (Å²) < 4.78 is 0. The fraction of sp³-hybridized carbons (Fsp3) is 0.0508. The molecule has 0 radical (unpaired) electrons. The largest absolute Gasteiger partial charge is 0.0616 e. The van der Waals surface area contributed by atoms with Crippen molar-refractivity contribution in [1.29, 1.82) is 0 Å². The molecule has 1 aliphatic rings. The lowest BCUT2D eigenvalue weighted by Crippen LogP contribution is -2.15. The molecule has 0 aliphatic heterocycles. The standard InChI is InChI=1S/C59H40/c1-59(2)55-34-44(39-22-26-41(27-23-39)48-21-11-17-40-14-7-8-18-47(40)48)30-31-49(55)52-35-53-54(36-56(52)59)58(46-29-25-38-13-4-6-16-43(38)33-46)51-20-10-9-19-50(51)57(53)45-28-24-37-12-3-5-15-42(37)32-45/h3-36H,1-2H3. The van der Waals surface area contributed by atoms with Crippen molar-refractivity contribution in [2.75, 3.05) is 0 Å². The molecule has 1 aliphatic carbocycles. The molecule has 11 aromatic rings. The normalized spacial score (nSPS) is 13.1. The molecule has 0 aromatic heterocycles. The number of fused-ring (bicyclic) bond motifs is 8. The quantitative estimate of drug-likeness (QED) is 0.157. The van der Waals surface area contributed by atoms with Gasteiger partial charge in [-0.15, -0.1) is 0 Å². The maximum absolute atomic E-state index is 2.55. The second-order valence-corrected chi connectivity index (χ2v) is 16.9. The minimum absolute atomic E-state index is 0.201. The van der Waals surface area contributed by atoms with Crippen LogP contribution < -0.4 is 0 Å². The zero-order valence-electron chi connectivity index (χ0n) is 33.1. The van der Waals surface area contributed by atoms with Crippen LogP contribution in [-0.4, -0.2) is 0 Å². The molecule has 0 fully saturated rings. The molecule has 0 saturated heterocycles. The van der Waals surface area contributed by atoms with Crippen LogP contribution in [-0.2, 0) is 5.41 Å². The molecular weight excluding hydrogens is 709 g/mol. The number of hydrogen-bond acceptors (Lipinski definition) is 0. The molecule has 0 heterocycles. The van der Waals surface area contributed by atoms with E-state index in [1.807, 2.05) is 0 Å². The highest BCUT2D eigenvalue weighted by Crippen LogP contribution is 2.54. The molecule has 0 atom stereocenters. The first kappa shape index (κ1) is 33.8. The lowest BCUT2D eigenvalue weighted by Gasteiger charge is -2.24. The second-order valence-electron chi connectivity index (χ2n) is 16.9. The summed E-state index contributed by atoms with van der Waals surface area (Å²) in [6.45, 7) is 4.83. The molecule has 11 aromatic carbocycles. The van der Waals surface area contributed by atoms with Crippen molar-refractivity contribution in [2.45, 2.75) is 19.3 Å². The summed E-state index contributed by atoms with van der Waals surface area (Å²) in [7, 11) is 0. The lowest BCUT2D eigenvalue weighted by molar-refractivity contribution is 0.661. The van der Waals surface area contributed by atoms with Gasteiger partial charge in [0.15, 0.2) is 0 Å². The molecule has 59 heavy (non-hydrogen) atoms. The van der Waals surface area contributed by atoms with Gasteiger partial charge in [-0.2, -0.15) is 0 Å². The van der Waals surface area contributed by atoms with E-state index in [2.05, 4.69) is 220 Å². The van der Waals surface area contributed by atoms with Crippen molar-refractivity contribution in [3.05, 3.63) is 217 Å². The van der Waals surface area contributed by atoms with Crippen LogP contribution in [0.4, 0.5) is 0 Å². The summed E-state index contributed by atoms with van der Waals surface area (Å²) in [4.78, 5) is 0. The highest BCUT2D eigenvalue weighted by Gasteiger charge is 2.37. The summed E-state index contributed by atoms with van der Waals surface area (Å²) in [5.74, 6) is 0. The van der Waals surface area contributed by atoms with Crippen LogP contribution in [0.15, 0.2) is 206 Å². The summed E-state index contributed by atoms with van der Waals surface area (Å²) in [5.41, 5.74) is 15.3. The maximum atomic E-state index is 2.55. The topological polar surface area (TPSA) is 0 Å². The molecule has 0 heteroatoms. The molecule has 276 valence electrons. The lowest BCUT2D eigenvalue weighted by atomic mass is 9.79. The minimum atomic E-state index is -0.201. The molecule has 0 nitrogen and oxygen atoms in total. The SMILES string of the molecule is CC1(C)c2cc(-c3ccc(-c4cccc5ccccc45)cc3)ccc2-c2cc3c(-c4ccc5ccccc5c4)c4ccccc4c(-c4ccc5ccccc5c4)c3cc21. The second kappa shape index (κ2) is 12.9. The fourth-order valence-corrected chi connectivity index (χ4v) is 10.2. The molecular formula is C59H40. The Balaban J connectivity index is 1.07. The van der Waals surface area contributed by atoms with Crippen LogP contribution in [0, 0.1) is 0 Å². The molecule has 0 unspecified atom stereocenters. The smallest absolute Gasteiger partial charge is 0.0159 e. The van der Waals surface area contributed by atoms with E-state index in [0.717, 1.165) is 0 Å². The first-order valence-electron chi connectivity index (χ1n) is 20.7. The molecule has 12 rings (SSSR count). The Hall–Kier alpha value is -7.28. The van der Waals surface area contributed by atoms with Gasteiger partial charge in [0.1, 0.15) is 0 Å². The predicted molar refractivity (Wildman–Crippen MR) is 253 cm³/mol. The average Bonchev–Trinajstić information content (AvgIpc) is 3.51. The Labute approximate surface area is 344 Å². The summed E-state index contributed by atoms with van der Waals surface area (Å²) in [5, 5.41) is 12.7. The molecule has 0 amide bonds. The van der Waals surface area contributed by atoms with Gasteiger partial charge in [-0.1, -0.05) is 190 Å². The highest BCUT2D eigenvalue weighted by molar-refractivity contribution is 6.23. The highest BCUT2D eigenvalue weighted by atomic mass is 14.4. The van der Waals surface area contributed by atoms with Crippen LogP contribution in [0.2, 0.25) is 0 Å². The van der Waals surface area contributed by atoms with Gasteiger partial charge in [-0.25, -0.2) is 0 Å². The van der Waals surface area contributed by atoms with Crippen LogP contribution in [0.25, 0.3) is 109 Å². The van der Waals surface area contributed by atoms with Crippen molar-refractivity contribution in [1.82, 2.24) is 0 Å². The van der Waals surface area contributed by atoms with Crippen LogP contribution in [0.5, 0.6) is 0 Å². The van der Waals surface area contributed by atoms with E-state index in [4.69, 9.17) is 0 Å². The van der Waals surface area contributed by atoms with Gasteiger partial charge >= 0.3 is 0 Å². The number of rotatable bonds is 4. The Kier molecular flexibility index (Phi) is 7.38. The Morgan fingerprint density at radius 3 is 1.37 bits per heavy atom. The first-order valence-corrected chi connectivity index (χ1v) is 20.7. The third-order valence-electron chi connectivity index (χ3n) is 13.2. The zero-order valence-corrected chi connectivity index (χ0v) is 33.1. The van der Waals surface area contributed by atoms with E-state index < -0.39 is 0 Å². The Morgan fingerprint density at radius 1 is 0.254 bits per heavy atom. The third kappa shape index (κ3) is 5.23. The van der Waals surface area contributed by atoms with Gasteiger partial charge in [-0.3, -0.25) is 0 Å². The number of benzene rings is 11. The van der Waals surface area contributed by atoms with E-state index in [0.29, 0.717) is 0 Å². The van der Waals surface area contributed by atoms with Crippen LogP contribution in [0.3, 0.4) is 0 Å². The predicted octanol–water partition coefficient (Wildman–Crippen LogP) is 16.4. The van der Waals surface area contributed by atoms with Crippen LogP contribution in [0.1, 0.15) is 25.0 Å². The van der Waals surface area contributed by atoms with Crippen molar-refractivity contribution >= 4 is 53.9 Å². The minimum Gasteiger partial charge on any atom is -0.0616 e. The van der Waals surface area contributed by atoms with Gasteiger partial charge in [0, 0.05) is 5.41 Å². The zero-order chi connectivity index (χ0) is 39.2. The Morgan fingerprint density at radius 2 is 0.729 bits per heavy atom. The number of hydrogen-bond donors (Lipinski definition) is 0. The van der Waals surface area contributed by atoms with E-state index in [1.54, 1.807) is 0 Å². The van der Waals surface area contributed by atoms with E-state index >= 15 is 0 Å². The van der Waals surface area contributed by atoms with Crippen molar-refractivity contribution in [3.8, 4) is 55.6 Å². The monoisotopic (exact) mass is 748 g/mol. The third-order valence-corrected chi connectivity index (χ3v) is 13.2. The first-order chi connectivity index (χ1) is 29.0.